The van der Waals surface area contributed by atoms with E-state index in [-0.39, 0.29) is 0 Å². The van der Waals surface area contributed by atoms with Crippen molar-refractivity contribution in [3.63, 3.8) is 0 Å². The van der Waals surface area contributed by atoms with Gasteiger partial charge in [-0.2, -0.15) is 0 Å². The van der Waals surface area contributed by atoms with E-state index in [4.69, 9.17) is 15.2 Å². The van der Waals surface area contributed by atoms with Crippen LogP contribution in [0.1, 0.15) is 17.7 Å². The third kappa shape index (κ3) is 1.49. The number of hydrogen-bond acceptors (Lipinski definition) is 4. The number of anilines is 1. The lowest BCUT2D eigenvalue weighted by molar-refractivity contribution is 0.356. The van der Waals surface area contributed by atoms with Gasteiger partial charge in [-0.1, -0.05) is 0 Å². The van der Waals surface area contributed by atoms with Crippen LogP contribution in [0, 0.1) is 0 Å². The molecular formula is C14H16N2O2. The SMILES string of the molecule is COc1cc2nc3c(c(N)c2cc1OC)CCC3. The molecule has 1 aromatic carbocycles. The number of pyridine rings is 1. The third-order valence-corrected chi connectivity index (χ3v) is 3.56. The molecule has 0 unspecified atom stereocenters. The number of nitrogens with zero attached hydrogens (tertiary/aromatic N) is 1. The monoisotopic (exact) mass is 244 g/mol. The molecule has 0 saturated heterocycles. The van der Waals surface area contributed by atoms with Crippen molar-refractivity contribution in [1.29, 1.82) is 0 Å². The number of aryl methyl sites for hydroxylation is 1. The molecule has 4 nitrogen and oxygen atoms in total. The van der Waals surface area contributed by atoms with E-state index >= 15 is 0 Å². The van der Waals surface area contributed by atoms with Crippen LogP contribution in [0.5, 0.6) is 11.5 Å². The largest absolute Gasteiger partial charge is 0.493 e. The summed E-state index contributed by atoms with van der Waals surface area (Å²) in [6, 6.07) is 3.80. The summed E-state index contributed by atoms with van der Waals surface area (Å²) in [4.78, 5) is 4.69. The van der Waals surface area contributed by atoms with Crippen molar-refractivity contribution in [2.24, 2.45) is 0 Å². The number of methoxy groups -OCH3 is 2. The predicted octanol–water partition coefficient (Wildman–Crippen LogP) is 2.32. The minimum atomic E-state index is 0.690. The zero-order valence-electron chi connectivity index (χ0n) is 10.6. The van der Waals surface area contributed by atoms with Crippen molar-refractivity contribution in [2.75, 3.05) is 20.0 Å². The minimum absolute atomic E-state index is 0.690. The van der Waals surface area contributed by atoms with Gasteiger partial charge in [-0.25, -0.2) is 0 Å². The average molecular weight is 244 g/mol. The molecule has 94 valence electrons. The Labute approximate surface area is 106 Å². The fraction of sp³-hybridized carbons (Fsp3) is 0.357. The molecule has 1 aliphatic carbocycles. The molecule has 0 spiro atoms. The highest BCUT2D eigenvalue weighted by Crippen LogP contribution is 2.37. The summed E-state index contributed by atoms with van der Waals surface area (Å²) in [5.41, 5.74) is 10.3. The zero-order valence-corrected chi connectivity index (χ0v) is 10.6. The number of nitrogens with two attached hydrogens (primary N) is 1. The van der Waals surface area contributed by atoms with Crippen molar-refractivity contribution < 1.29 is 9.47 Å². The van der Waals surface area contributed by atoms with E-state index in [9.17, 15) is 0 Å². The summed E-state index contributed by atoms with van der Waals surface area (Å²) in [5, 5.41) is 0.952. The first-order valence-electron chi connectivity index (χ1n) is 6.07. The number of ether oxygens (including phenoxy) is 2. The van der Waals surface area contributed by atoms with Crippen molar-refractivity contribution in [3.8, 4) is 11.5 Å². The maximum Gasteiger partial charge on any atom is 0.162 e. The molecule has 0 saturated carbocycles. The van der Waals surface area contributed by atoms with Gasteiger partial charge in [0.15, 0.2) is 11.5 Å². The number of fused-ring (bicyclic) bond motifs is 2. The fourth-order valence-corrected chi connectivity index (χ4v) is 2.63. The van der Waals surface area contributed by atoms with Gasteiger partial charge in [0, 0.05) is 22.8 Å². The highest BCUT2D eigenvalue weighted by molar-refractivity contribution is 5.94. The summed E-state index contributed by atoms with van der Waals surface area (Å²) < 4.78 is 10.6. The first-order chi connectivity index (χ1) is 8.74. The van der Waals surface area contributed by atoms with Crippen LogP contribution in [0.3, 0.4) is 0 Å². The van der Waals surface area contributed by atoms with E-state index in [0.717, 1.165) is 41.5 Å². The van der Waals surface area contributed by atoms with Gasteiger partial charge < -0.3 is 15.2 Å². The summed E-state index contributed by atoms with van der Waals surface area (Å²) in [6.45, 7) is 0. The van der Waals surface area contributed by atoms with Crippen molar-refractivity contribution in [1.82, 2.24) is 4.98 Å². The Kier molecular flexibility index (Phi) is 2.51. The lowest BCUT2D eigenvalue weighted by Crippen LogP contribution is -2.00. The van der Waals surface area contributed by atoms with Crippen molar-refractivity contribution in [2.45, 2.75) is 19.3 Å². The number of benzene rings is 1. The maximum atomic E-state index is 6.25. The first kappa shape index (κ1) is 11.1. The van der Waals surface area contributed by atoms with Crippen molar-refractivity contribution >= 4 is 16.6 Å². The molecule has 1 aliphatic rings. The van der Waals surface area contributed by atoms with E-state index in [1.807, 2.05) is 12.1 Å². The molecular weight excluding hydrogens is 228 g/mol. The summed E-state index contributed by atoms with van der Waals surface area (Å²) in [6.07, 6.45) is 3.18. The van der Waals surface area contributed by atoms with E-state index < -0.39 is 0 Å². The molecule has 2 aromatic rings. The Balaban J connectivity index is 2.33. The van der Waals surface area contributed by atoms with E-state index in [1.165, 1.54) is 5.56 Å². The molecule has 2 N–H and O–H groups in total. The van der Waals surface area contributed by atoms with Crippen LogP contribution < -0.4 is 15.2 Å². The topological polar surface area (TPSA) is 57.4 Å². The summed E-state index contributed by atoms with van der Waals surface area (Å²) in [5.74, 6) is 1.38. The van der Waals surface area contributed by atoms with Crippen LogP contribution >= 0.6 is 0 Å². The Morgan fingerprint density at radius 2 is 1.83 bits per heavy atom. The van der Waals surface area contributed by atoms with Crippen LogP contribution in [0.4, 0.5) is 5.69 Å². The number of hydrogen-bond donors (Lipinski definition) is 1. The second-order valence-electron chi connectivity index (χ2n) is 4.53. The highest BCUT2D eigenvalue weighted by atomic mass is 16.5. The maximum absolute atomic E-state index is 6.25. The second-order valence-corrected chi connectivity index (χ2v) is 4.53. The first-order valence-corrected chi connectivity index (χ1v) is 6.07. The Morgan fingerprint density at radius 3 is 2.56 bits per heavy atom. The lowest BCUT2D eigenvalue weighted by Gasteiger charge is -2.12. The predicted molar refractivity (Wildman–Crippen MR) is 71.3 cm³/mol. The quantitative estimate of drug-likeness (QED) is 0.880. The lowest BCUT2D eigenvalue weighted by atomic mass is 10.1. The smallest absolute Gasteiger partial charge is 0.162 e. The minimum Gasteiger partial charge on any atom is -0.493 e. The van der Waals surface area contributed by atoms with Gasteiger partial charge in [0.25, 0.3) is 0 Å². The average Bonchev–Trinajstić information content (AvgIpc) is 2.86. The van der Waals surface area contributed by atoms with Gasteiger partial charge in [0.05, 0.1) is 19.7 Å². The van der Waals surface area contributed by atoms with Crippen LogP contribution in [0.15, 0.2) is 12.1 Å². The van der Waals surface area contributed by atoms with Gasteiger partial charge >= 0.3 is 0 Å². The molecule has 0 fully saturated rings. The van der Waals surface area contributed by atoms with Crippen LogP contribution in [0.2, 0.25) is 0 Å². The molecule has 1 aromatic heterocycles. The standard InChI is InChI=1S/C14H16N2O2/c1-17-12-6-9-11(7-13(12)18-2)16-10-5-3-4-8(10)14(9)15/h6-7H,3-5H2,1-2H3,(H2,15,16). The number of aromatic nitrogens is 1. The molecule has 4 heteroatoms. The van der Waals surface area contributed by atoms with Crippen LogP contribution in [0.25, 0.3) is 10.9 Å². The molecule has 0 radical (unpaired) electrons. The fourth-order valence-electron chi connectivity index (χ4n) is 2.63. The van der Waals surface area contributed by atoms with Crippen molar-refractivity contribution in [3.05, 3.63) is 23.4 Å². The summed E-state index contributed by atoms with van der Waals surface area (Å²) >= 11 is 0. The summed E-state index contributed by atoms with van der Waals surface area (Å²) in [7, 11) is 3.25. The van der Waals surface area contributed by atoms with E-state index in [2.05, 4.69) is 4.98 Å². The van der Waals surface area contributed by atoms with E-state index in [0.29, 0.717) is 11.5 Å². The van der Waals surface area contributed by atoms with Crippen LogP contribution in [-0.2, 0) is 12.8 Å². The molecule has 0 atom stereocenters. The van der Waals surface area contributed by atoms with Gasteiger partial charge in [0.1, 0.15) is 0 Å². The Morgan fingerprint density at radius 1 is 1.11 bits per heavy atom. The molecule has 18 heavy (non-hydrogen) atoms. The van der Waals surface area contributed by atoms with Crippen LogP contribution in [-0.4, -0.2) is 19.2 Å². The zero-order chi connectivity index (χ0) is 12.7. The second kappa shape index (κ2) is 4.05. The highest BCUT2D eigenvalue weighted by Gasteiger charge is 2.19. The van der Waals surface area contributed by atoms with E-state index in [1.54, 1.807) is 14.2 Å². The molecule has 1 heterocycles. The number of rotatable bonds is 2. The third-order valence-electron chi connectivity index (χ3n) is 3.56. The van der Waals surface area contributed by atoms with Gasteiger partial charge in [-0.05, 0) is 30.9 Å². The molecule has 0 aliphatic heterocycles. The van der Waals surface area contributed by atoms with Gasteiger partial charge in [0.2, 0.25) is 0 Å². The van der Waals surface area contributed by atoms with Gasteiger partial charge in [-0.15, -0.1) is 0 Å². The molecule has 0 bridgehead atoms. The Hall–Kier alpha value is -1.97. The van der Waals surface area contributed by atoms with Gasteiger partial charge in [-0.3, -0.25) is 4.98 Å². The Bertz CT molecular complexity index is 623. The normalized spacial score (nSPS) is 13.7. The number of nitrogen functional groups attached to an aromatic ring is 1. The molecule has 0 amide bonds. The molecule has 3 rings (SSSR count).